The van der Waals surface area contributed by atoms with Gasteiger partial charge in [0.1, 0.15) is 30.5 Å². The maximum absolute atomic E-state index is 13.0. The third-order valence-electron chi connectivity index (χ3n) is 5.51. The number of nitrogens with one attached hydrogen (secondary N) is 4. The molecule has 0 saturated carbocycles. The van der Waals surface area contributed by atoms with E-state index in [0.717, 1.165) is 0 Å². The molecule has 5 N–H and O–H groups in total. The third-order valence-corrected chi connectivity index (χ3v) is 5.51. The summed E-state index contributed by atoms with van der Waals surface area (Å²) >= 11 is 0. The quantitative estimate of drug-likeness (QED) is 0.410. The van der Waals surface area contributed by atoms with Crippen molar-refractivity contribution in [2.24, 2.45) is 11.8 Å². The van der Waals surface area contributed by atoms with Crippen LogP contribution in [0.2, 0.25) is 0 Å². The average Bonchev–Trinajstić information content (AvgIpc) is 2.78. The molecule has 35 heavy (non-hydrogen) atoms. The fraction of sp³-hybridized carbons (Fsp3) is 0.542. The Morgan fingerprint density at radius 3 is 2.09 bits per heavy atom. The van der Waals surface area contributed by atoms with E-state index in [1.807, 2.05) is 0 Å². The Hall–Kier alpha value is -3.63. The molecular weight excluding hydrogens is 456 g/mol. The molecule has 0 bridgehead atoms. The van der Waals surface area contributed by atoms with E-state index >= 15 is 0 Å². The second kappa shape index (κ2) is 12.2. The standard InChI is InChI=1S/C24H34N4O7/c1-12(2)19-23(32)28-20(13(3)4)22(31)25-14(5)11-35-17-9-7-6-8-15(17)21(30)26-16(24(33)34)10-18(29)27-19/h6-9,12-14,16,19-20H,10-11H2,1-5H3,(H,25,31)(H,26,30)(H,27,29)(H,28,32)(H,33,34)/t14-,16-,19-,20+/m0/s1. The SMILES string of the molecule is CC(C)[C@@H]1NC(=O)C[C@@H](C(=O)O)NC(=O)c2ccccc2OC[C@H](C)NC(=O)[C@@H](C(C)C)NC1=O. The number of carboxylic acids is 1. The van der Waals surface area contributed by atoms with Crippen molar-refractivity contribution in [1.29, 1.82) is 0 Å². The lowest BCUT2D eigenvalue weighted by molar-refractivity contribution is -0.141. The molecule has 2 rings (SSSR count). The van der Waals surface area contributed by atoms with E-state index in [2.05, 4.69) is 21.3 Å². The van der Waals surface area contributed by atoms with Gasteiger partial charge in [0.05, 0.1) is 18.0 Å². The first kappa shape index (κ1) is 27.6. The van der Waals surface area contributed by atoms with E-state index < -0.39 is 60.2 Å². The number of hydrogen-bond acceptors (Lipinski definition) is 6. The number of amides is 4. The van der Waals surface area contributed by atoms with E-state index in [-0.39, 0.29) is 29.8 Å². The summed E-state index contributed by atoms with van der Waals surface area (Å²) in [5, 5.41) is 20.0. The first-order valence-corrected chi connectivity index (χ1v) is 11.6. The number of carbonyl (C=O) groups is 5. The number of rotatable bonds is 3. The number of para-hydroxylation sites is 1. The highest BCUT2D eigenvalue weighted by atomic mass is 16.5. The van der Waals surface area contributed by atoms with Gasteiger partial charge in [-0.25, -0.2) is 4.79 Å². The van der Waals surface area contributed by atoms with Gasteiger partial charge in [-0.1, -0.05) is 39.8 Å². The van der Waals surface area contributed by atoms with Gasteiger partial charge in [-0.05, 0) is 30.9 Å². The average molecular weight is 491 g/mol. The zero-order valence-corrected chi connectivity index (χ0v) is 20.6. The molecular formula is C24H34N4O7. The molecule has 0 unspecified atom stereocenters. The second-order valence-electron chi connectivity index (χ2n) is 9.30. The van der Waals surface area contributed by atoms with Crippen LogP contribution in [0.3, 0.4) is 0 Å². The first-order valence-electron chi connectivity index (χ1n) is 11.6. The molecule has 4 atom stereocenters. The van der Waals surface area contributed by atoms with Crippen molar-refractivity contribution >= 4 is 29.6 Å². The molecule has 1 aliphatic rings. The number of fused-ring (bicyclic) bond motifs is 1. The van der Waals surface area contributed by atoms with E-state index in [1.165, 1.54) is 6.07 Å². The summed E-state index contributed by atoms with van der Waals surface area (Å²) in [6.45, 7) is 8.72. The topological polar surface area (TPSA) is 163 Å². The van der Waals surface area contributed by atoms with E-state index in [4.69, 9.17) is 4.74 Å². The van der Waals surface area contributed by atoms with Crippen LogP contribution in [0.15, 0.2) is 24.3 Å². The minimum absolute atomic E-state index is 0.0197. The number of carbonyl (C=O) groups excluding carboxylic acids is 4. The summed E-state index contributed by atoms with van der Waals surface area (Å²) in [5.41, 5.74) is 0.0824. The fourth-order valence-electron chi connectivity index (χ4n) is 3.54. The highest BCUT2D eigenvalue weighted by molar-refractivity contribution is 6.00. The Morgan fingerprint density at radius 1 is 0.914 bits per heavy atom. The Morgan fingerprint density at radius 2 is 1.49 bits per heavy atom. The van der Waals surface area contributed by atoms with Crippen LogP contribution in [0.5, 0.6) is 5.75 Å². The van der Waals surface area contributed by atoms with E-state index in [1.54, 1.807) is 52.8 Å². The molecule has 1 aromatic rings. The van der Waals surface area contributed by atoms with E-state index in [0.29, 0.717) is 0 Å². The summed E-state index contributed by atoms with van der Waals surface area (Å²) in [4.78, 5) is 63.2. The molecule has 1 aliphatic heterocycles. The third kappa shape index (κ3) is 7.69. The molecule has 1 aromatic carbocycles. The molecule has 11 heteroatoms. The van der Waals surface area contributed by atoms with Crippen LogP contribution in [-0.2, 0) is 19.2 Å². The lowest BCUT2D eigenvalue weighted by atomic mass is 9.99. The number of aliphatic carboxylic acids is 1. The van der Waals surface area contributed by atoms with Crippen LogP contribution in [0.1, 0.15) is 51.4 Å². The van der Waals surface area contributed by atoms with Crippen molar-refractivity contribution in [2.75, 3.05) is 6.61 Å². The minimum atomic E-state index is -1.53. The van der Waals surface area contributed by atoms with Crippen molar-refractivity contribution in [3.8, 4) is 5.75 Å². The molecule has 4 amide bonds. The molecule has 0 aliphatic carbocycles. The van der Waals surface area contributed by atoms with Gasteiger partial charge in [-0.3, -0.25) is 19.2 Å². The largest absolute Gasteiger partial charge is 0.491 e. The molecule has 1 heterocycles. The normalized spacial score (nSPS) is 24.9. The van der Waals surface area contributed by atoms with Crippen molar-refractivity contribution < 1.29 is 33.8 Å². The van der Waals surface area contributed by atoms with Gasteiger partial charge in [0.25, 0.3) is 5.91 Å². The summed E-state index contributed by atoms with van der Waals surface area (Å²) in [6, 6.07) is 2.36. The van der Waals surface area contributed by atoms with Crippen molar-refractivity contribution in [2.45, 2.75) is 65.2 Å². The molecule has 0 spiro atoms. The maximum atomic E-state index is 13.0. The van der Waals surface area contributed by atoms with Crippen molar-refractivity contribution in [3.05, 3.63) is 29.8 Å². The summed E-state index contributed by atoms with van der Waals surface area (Å²) < 4.78 is 5.74. The van der Waals surface area contributed by atoms with Gasteiger partial charge in [-0.15, -0.1) is 0 Å². The predicted molar refractivity (Wildman–Crippen MR) is 127 cm³/mol. The molecule has 0 aromatic heterocycles. The Labute approximate surface area is 204 Å². The lowest BCUT2D eigenvalue weighted by Gasteiger charge is -2.28. The zero-order chi connectivity index (χ0) is 26.3. The smallest absolute Gasteiger partial charge is 0.326 e. The molecule has 0 radical (unpaired) electrons. The van der Waals surface area contributed by atoms with Gasteiger partial charge < -0.3 is 31.1 Å². The van der Waals surface area contributed by atoms with Gasteiger partial charge in [-0.2, -0.15) is 0 Å². The first-order chi connectivity index (χ1) is 16.4. The van der Waals surface area contributed by atoms with Gasteiger partial charge in [0, 0.05) is 0 Å². The van der Waals surface area contributed by atoms with Crippen LogP contribution in [0.4, 0.5) is 0 Å². The van der Waals surface area contributed by atoms with Crippen LogP contribution < -0.4 is 26.0 Å². The molecule has 192 valence electrons. The summed E-state index contributed by atoms with van der Waals surface area (Å²) in [6.07, 6.45) is -0.592. The Kier molecular flexibility index (Phi) is 9.61. The molecule has 0 fully saturated rings. The van der Waals surface area contributed by atoms with Crippen molar-refractivity contribution in [1.82, 2.24) is 21.3 Å². The Bertz CT molecular complexity index is 963. The van der Waals surface area contributed by atoms with Crippen LogP contribution in [0.25, 0.3) is 0 Å². The van der Waals surface area contributed by atoms with Gasteiger partial charge in [0.15, 0.2) is 0 Å². The highest BCUT2D eigenvalue weighted by Gasteiger charge is 2.33. The van der Waals surface area contributed by atoms with Gasteiger partial charge in [0.2, 0.25) is 17.7 Å². The molecule has 0 saturated heterocycles. The molecule has 11 nitrogen and oxygen atoms in total. The fourth-order valence-corrected chi connectivity index (χ4v) is 3.54. The zero-order valence-electron chi connectivity index (χ0n) is 20.6. The summed E-state index contributed by atoms with van der Waals surface area (Å²) in [7, 11) is 0. The highest BCUT2D eigenvalue weighted by Crippen LogP contribution is 2.19. The van der Waals surface area contributed by atoms with Gasteiger partial charge >= 0.3 is 5.97 Å². The minimum Gasteiger partial charge on any atom is -0.491 e. The van der Waals surface area contributed by atoms with Crippen LogP contribution in [0, 0.1) is 11.8 Å². The summed E-state index contributed by atoms with van der Waals surface area (Å²) in [5.74, 6) is -4.28. The number of benzene rings is 1. The number of carboxylic acid groups (broad SMARTS) is 1. The van der Waals surface area contributed by atoms with E-state index in [9.17, 15) is 29.1 Å². The maximum Gasteiger partial charge on any atom is 0.326 e. The van der Waals surface area contributed by atoms with Crippen LogP contribution >= 0.6 is 0 Å². The monoisotopic (exact) mass is 490 g/mol. The number of hydrogen-bond donors (Lipinski definition) is 5. The Balaban J connectivity index is 2.43. The lowest BCUT2D eigenvalue weighted by Crippen LogP contribution is -2.58. The predicted octanol–water partition coefficient (Wildman–Crippen LogP) is 0.438. The number of ether oxygens (including phenoxy) is 1. The second-order valence-corrected chi connectivity index (χ2v) is 9.30. The van der Waals surface area contributed by atoms with Crippen molar-refractivity contribution in [3.63, 3.8) is 0 Å². The van der Waals surface area contributed by atoms with Crippen LogP contribution in [-0.4, -0.2) is 65.5 Å².